The first-order valence-electron chi connectivity index (χ1n) is 7.54. The van der Waals surface area contributed by atoms with Gasteiger partial charge in [0.05, 0.1) is 5.69 Å². The van der Waals surface area contributed by atoms with Gasteiger partial charge in [-0.3, -0.25) is 0 Å². The van der Waals surface area contributed by atoms with Crippen LogP contribution in [0.25, 0.3) is 0 Å². The van der Waals surface area contributed by atoms with Crippen molar-refractivity contribution in [2.75, 3.05) is 23.7 Å². The third kappa shape index (κ3) is 4.51. The molecule has 0 bridgehead atoms. The van der Waals surface area contributed by atoms with E-state index in [0.29, 0.717) is 17.9 Å². The predicted molar refractivity (Wildman–Crippen MR) is 85.4 cm³/mol. The van der Waals surface area contributed by atoms with Gasteiger partial charge in [0.2, 0.25) is 0 Å². The maximum Gasteiger partial charge on any atom is 0.407 e. The molecule has 0 radical (unpaired) electrons. The van der Waals surface area contributed by atoms with Crippen molar-refractivity contribution in [2.45, 2.75) is 45.3 Å². The Kier molecular flexibility index (Phi) is 4.78. The van der Waals surface area contributed by atoms with Crippen molar-refractivity contribution in [1.29, 1.82) is 0 Å². The van der Waals surface area contributed by atoms with Crippen molar-refractivity contribution in [1.82, 2.24) is 5.32 Å². The van der Waals surface area contributed by atoms with Crippen molar-refractivity contribution < 1.29 is 13.9 Å². The Labute approximate surface area is 130 Å². The Morgan fingerprint density at radius 2 is 2.18 bits per heavy atom. The van der Waals surface area contributed by atoms with Crippen LogP contribution < -0.4 is 16.0 Å². The van der Waals surface area contributed by atoms with Gasteiger partial charge >= 0.3 is 6.09 Å². The molecule has 1 aromatic carbocycles. The van der Waals surface area contributed by atoms with E-state index < -0.39 is 11.7 Å². The molecule has 1 fully saturated rings. The van der Waals surface area contributed by atoms with Crippen LogP contribution >= 0.6 is 0 Å². The summed E-state index contributed by atoms with van der Waals surface area (Å²) in [6.45, 7) is 6.75. The lowest BCUT2D eigenvalue weighted by Gasteiger charge is -2.35. The van der Waals surface area contributed by atoms with Crippen molar-refractivity contribution in [3.05, 3.63) is 24.0 Å². The zero-order chi connectivity index (χ0) is 16.3. The first kappa shape index (κ1) is 16.4. The summed E-state index contributed by atoms with van der Waals surface area (Å²) in [6, 6.07) is 4.48. The Morgan fingerprint density at radius 1 is 1.45 bits per heavy atom. The van der Waals surface area contributed by atoms with Gasteiger partial charge in [-0.25, -0.2) is 9.18 Å². The number of hydrogen-bond acceptors (Lipinski definition) is 4. The van der Waals surface area contributed by atoms with Gasteiger partial charge in [0, 0.05) is 24.8 Å². The molecule has 22 heavy (non-hydrogen) atoms. The van der Waals surface area contributed by atoms with E-state index in [4.69, 9.17) is 10.5 Å². The lowest BCUT2D eigenvalue weighted by molar-refractivity contribution is 0.0500. The number of carbonyl (C=O) groups excluding carboxylic acids is 1. The molecule has 5 nitrogen and oxygen atoms in total. The lowest BCUT2D eigenvalue weighted by atomic mass is 10.0. The smallest absolute Gasteiger partial charge is 0.407 e. The van der Waals surface area contributed by atoms with Gasteiger partial charge in [0.25, 0.3) is 0 Å². The third-order valence-electron chi connectivity index (χ3n) is 3.45. The van der Waals surface area contributed by atoms with Crippen molar-refractivity contribution in [3.8, 4) is 0 Å². The molecule has 1 heterocycles. The highest BCUT2D eigenvalue weighted by atomic mass is 19.1. The largest absolute Gasteiger partial charge is 0.444 e. The Balaban J connectivity index is 2.00. The van der Waals surface area contributed by atoms with E-state index >= 15 is 0 Å². The van der Waals surface area contributed by atoms with E-state index in [2.05, 4.69) is 5.32 Å². The van der Waals surface area contributed by atoms with Crippen LogP contribution in [0.5, 0.6) is 0 Å². The van der Waals surface area contributed by atoms with Gasteiger partial charge in [-0.15, -0.1) is 0 Å². The van der Waals surface area contributed by atoms with Crippen molar-refractivity contribution in [2.24, 2.45) is 0 Å². The molecule has 0 aliphatic carbocycles. The normalized spacial score (nSPS) is 18.9. The molecule has 1 aliphatic heterocycles. The highest BCUT2D eigenvalue weighted by Gasteiger charge is 2.25. The van der Waals surface area contributed by atoms with Crippen LogP contribution in [0.4, 0.5) is 20.6 Å². The van der Waals surface area contributed by atoms with Gasteiger partial charge < -0.3 is 20.7 Å². The molecule has 1 saturated heterocycles. The topological polar surface area (TPSA) is 67.6 Å². The lowest BCUT2D eigenvalue weighted by Crippen LogP contribution is -2.49. The molecule has 6 heteroatoms. The minimum atomic E-state index is -0.529. The number of halogens is 1. The molecule has 1 aliphatic rings. The average Bonchev–Trinajstić information content (AvgIpc) is 2.39. The molecule has 0 aromatic heterocycles. The summed E-state index contributed by atoms with van der Waals surface area (Å²) >= 11 is 0. The van der Waals surface area contributed by atoms with Gasteiger partial charge in [-0.1, -0.05) is 0 Å². The van der Waals surface area contributed by atoms with Crippen LogP contribution in [0.15, 0.2) is 18.2 Å². The van der Waals surface area contributed by atoms with E-state index in [1.165, 1.54) is 6.07 Å². The average molecular weight is 309 g/mol. The van der Waals surface area contributed by atoms with Crippen LogP contribution in [0, 0.1) is 5.82 Å². The highest BCUT2D eigenvalue weighted by molar-refractivity contribution is 5.68. The number of nitrogen functional groups attached to an aromatic ring is 1. The molecule has 1 aromatic rings. The van der Waals surface area contributed by atoms with E-state index in [1.807, 2.05) is 25.7 Å². The molecule has 3 N–H and O–H groups in total. The second-order valence-corrected chi connectivity index (χ2v) is 6.64. The summed E-state index contributed by atoms with van der Waals surface area (Å²) in [5.41, 5.74) is 6.22. The molecule has 2 rings (SSSR count). The van der Waals surface area contributed by atoms with Crippen LogP contribution in [-0.2, 0) is 4.74 Å². The van der Waals surface area contributed by atoms with Gasteiger partial charge in [0.15, 0.2) is 0 Å². The first-order valence-corrected chi connectivity index (χ1v) is 7.54. The molecule has 0 saturated carbocycles. The SMILES string of the molecule is CC(C)(C)OC(=O)N[C@H]1CCCN(c2cc(N)ccc2F)C1. The molecule has 0 spiro atoms. The number of hydrogen-bond donors (Lipinski definition) is 2. The number of nitrogens with one attached hydrogen (secondary N) is 1. The Morgan fingerprint density at radius 3 is 2.86 bits per heavy atom. The summed E-state index contributed by atoms with van der Waals surface area (Å²) in [6.07, 6.45) is 1.28. The van der Waals surface area contributed by atoms with Crippen LogP contribution in [0.1, 0.15) is 33.6 Å². The van der Waals surface area contributed by atoms with Crippen molar-refractivity contribution >= 4 is 17.5 Å². The van der Waals surface area contributed by atoms with E-state index in [1.54, 1.807) is 12.1 Å². The number of rotatable bonds is 2. The van der Waals surface area contributed by atoms with E-state index in [-0.39, 0.29) is 11.9 Å². The number of amides is 1. The van der Waals surface area contributed by atoms with E-state index in [9.17, 15) is 9.18 Å². The number of anilines is 2. The minimum absolute atomic E-state index is 0.0653. The number of piperidine rings is 1. The fraction of sp³-hybridized carbons (Fsp3) is 0.562. The molecule has 0 unspecified atom stereocenters. The number of alkyl carbamates (subject to hydrolysis) is 1. The molecule has 1 atom stereocenters. The fourth-order valence-corrected chi connectivity index (χ4v) is 2.56. The molecule has 122 valence electrons. The zero-order valence-corrected chi connectivity index (χ0v) is 13.4. The minimum Gasteiger partial charge on any atom is -0.444 e. The van der Waals surface area contributed by atoms with Crippen LogP contribution in [0.2, 0.25) is 0 Å². The number of nitrogens with zero attached hydrogens (tertiary/aromatic N) is 1. The summed E-state index contributed by atoms with van der Waals surface area (Å²) < 4.78 is 19.2. The first-order chi connectivity index (χ1) is 10.2. The number of nitrogens with two attached hydrogens (primary N) is 1. The quantitative estimate of drug-likeness (QED) is 0.824. The highest BCUT2D eigenvalue weighted by Crippen LogP contribution is 2.25. The Hall–Kier alpha value is -1.98. The molecular formula is C16H24FN3O2. The monoisotopic (exact) mass is 309 g/mol. The van der Waals surface area contributed by atoms with Crippen LogP contribution in [0.3, 0.4) is 0 Å². The van der Waals surface area contributed by atoms with Gasteiger partial charge in [0.1, 0.15) is 11.4 Å². The molecular weight excluding hydrogens is 285 g/mol. The third-order valence-corrected chi connectivity index (χ3v) is 3.45. The zero-order valence-electron chi connectivity index (χ0n) is 13.4. The van der Waals surface area contributed by atoms with Gasteiger partial charge in [-0.2, -0.15) is 0 Å². The number of carbonyl (C=O) groups is 1. The number of ether oxygens (including phenoxy) is 1. The molecule has 1 amide bonds. The standard InChI is InChI=1S/C16H24FN3O2/c1-16(2,3)22-15(21)19-12-5-4-8-20(10-12)14-9-11(18)6-7-13(14)17/h6-7,9,12H,4-5,8,10,18H2,1-3H3,(H,19,21)/t12-/m0/s1. The second-order valence-electron chi connectivity index (χ2n) is 6.64. The maximum absolute atomic E-state index is 14.0. The maximum atomic E-state index is 14.0. The Bertz CT molecular complexity index is 543. The van der Waals surface area contributed by atoms with E-state index in [0.717, 1.165) is 19.4 Å². The summed E-state index contributed by atoms with van der Waals surface area (Å²) in [4.78, 5) is 13.8. The van der Waals surface area contributed by atoms with Gasteiger partial charge in [-0.05, 0) is 51.8 Å². The van der Waals surface area contributed by atoms with Crippen molar-refractivity contribution in [3.63, 3.8) is 0 Å². The number of benzene rings is 1. The summed E-state index contributed by atoms with van der Waals surface area (Å²) in [5, 5.41) is 2.85. The van der Waals surface area contributed by atoms with Crippen LogP contribution in [-0.4, -0.2) is 30.8 Å². The summed E-state index contributed by atoms with van der Waals surface area (Å²) in [7, 11) is 0. The predicted octanol–water partition coefficient (Wildman–Crippen LogP) is 2.90. The summed E-state index contributed by atoms with van der Waals surface area (Å²) in [5.74, 6) is -0.299. The fourth-order valence-electron chi connectivity index (χ4n) is 2.56. The second kappa shape index (κ2) is 6.42.